The maximum Gasteiger partial charge on any atom is 0.408 e. The van der Waals surface area contributed by atoms with Crippen molar-refractivity contribution in [1.82, 2.24) is 10.6 Å². The van der Waals surface area contributed by atoms with Crippen LogP contribution in [0.2, 0.25) is 5.02 Å². The van der Waals surface area contributed by atoms with Crippen molar-refractivity contribution in [2.45, 2.75) is 90.1 Å². The molecule has 0 saturated heterocycles. The molecular formula is C24H31ClN2O5. The highest BCUT2D eigenvalue weighted by atomic mass is 35.5. The lowest BCUT2D eigenvalue weighted by molar-refractivity contribution is -0.127. The van der Waals surface area contributed by atoms with E-state index in [1.165, 1.54) is 0 Å². The summed E-state index contributed by atoms with van der Waals surface area (Å²) in [6.07, 6.45) is 5.15. The van der Waals surface area contributed by atoms with Crippen LogP contribution in [0.15, 0.2) is 0 Å². The first kappa shape index (κ1) is 21.7. The average Bonchev–Trinajstić information content (AvgIpc) is 3.18. The number of halogens is 1. The molecule has 1 atom stereocenters. The number of nitrogens with one attached hydrogen (secondary N) is 2. The number of carbonyl (C=O) groups excluding carboxylic acids is 2. The fourth-order valence-corrected chi connectivity index (χ4v) is 6.12. The lowest BCUT2D eigenvalue weighted by atomic mass is 9.57. The number of benzene rings is 1. The summed E-state index contributed by atoms with van der Waals surface area (Å²) in [5.74, 6) is 1.07. The molecule has 2 heterocycles. The van der Waals surface area contributed by atoms with Gasteiger partial charge in [-0.2, -0.15) is 0 Å². The molecule has 2 amide bonds. The van der Waals surface area contributed by atoms with Crippen molar-refractivity contribution in [3.63, 3.8) is 0 Å². The fraction of sp³-hybridized carbons (Fsp3) is 0.667. The minimum atomic E-state index is -0.516. The minimum Gasteiger partial charge on any atom is -0.450 e. The molecule has 3 aliphatic carbocycles. The monoisotopic (exact) mass is 462 g/mol. The van der Waals surface area contributed by atoms with E-state index in [1.807, 2.05) is 27.7 Å². The molecule has 6 rings (SSSR count). The molecule has 1 unspecified atom stereocenters. The Morgan fingerprint density at radius 3 is 2.38 bits per heavy atom. The van der Waals surface area contributed by atoms with Crippen LogP contribution in [0.3, 0.4) is 0 Å². The van der Waals surface area contributed by atoms with E-state index < -0.39 is 11.9 Å². The summed E-state index contributed by atoms with van der Waals surface area (Å²) < 4.78 is 18.2. The molecule has 2 aliphatic heterocycles. The Morgan fingerprint density at radius 1 is 1.12 bits per heavy atom. The standard InChI is InChI=1S/C24H31ClN2O5/c1-13-15-14(5-12-26-19(15)28)16(25)18-17(13)30-20(31-18)23-6-9-24(10-7-23,11-8-23)27-21(29)32-22(2,3)4/h20H,5-12H2,1-4H3,(H,26,28)(H,27,29). The molecule has 2 bridgehead atoms. The van der Waals surface area contributed by atoms with Gasteiger partial charge in [0.05, 0.1) is 10.6 Å². The maximum atomic E-state index is 12.5. The molecule has 0 spiro atoms. The SMILES string of the molecule is Cc1c2c(c(Cl)c3c1C(=O)NCC3)OC(C13CCC(NC(=O)OC(C)(C)C)(CC1)CC3)O2. The molecule has 8 heteroatoms. The Labute approximate surface area is 193 Å². The van der Waals surface area contributed by atoms with Crippen molar-refractivity contribution in [1.29, 1.82) is 0 Å². The first-order valence-electron chi connectivity index (χ1n) is 11.5. The molecule has 174 valence electrons. The molecule has 0 radical (unpaired) electrons. The van der Waals surface area contributed by atoms with Gasteiger partial charge in [0.2, 0.25) is 6.29 Å². The van der Waals surface area contributed by atoms with Crippen LogP contribution >= 0.6 is 11.6 Å². The summed E-state index contributed by atoms with van der Waals surface area (Å²) in [4.78, 5) is 24.9. The molecule has 1 aromatic carbocycles. The summed E-state index contributed by atoms with van der Waals surface area (Å²) in [6, 6.07) is 0. The second-order valence-electron chi connectivity index (χ2n) is 10.8. The van der Waals surface area contributed by atoms with Crippen LogP contribution in [-0.2, 0) is 11.2 Å². The molecule has 0 aromatic heterocycles. The predicted molar refractivity (Wildman–Crippen MR) is 120 cm³/mol. The van der Waals surface area contributed by atoms with Gasteiger partial charge in [-0.15, -0.1) is 0 Å². The van der Waals surface area contributed by atoms with Gasteiger partial charge in [-0.3, -0.25) is 4.79 Å². The minimum absolute atomic E-state index is 0.105. The molecule has 3 fully saturated rings. The van der Waals surface area contributed by atoms with Crippen LogP contribution in [0.25, 0.3) is 0 Å². The van der Waals surface area contributed by atoms with Crippen LogP contribution in [-0.4, -0.2) is 36.0 Å². The zero-order valence-corrected chi connectivity index (χ0v) is 19.9. The maximum absolute atomic E-state index is 12.5. The highest BCUT2D eigenvalue weighted by Crippen LogP contribution is 2.58. The second kappa shape index (κ2) is 7.17. The largest absolute Gasteiger partial charge is 0.450 e. The van der Waals surface area contributed by atoms with Crippen molar-refractivity contribution in [2.75, 3.05) is 6.54 Å². The lowest BCUT2D eigenvalue weighted by Gasteiger charge is -2.54. The third-order valence-electron chi connectivity index (χ3n) is 7.60. The summed E-state index contributed by atoms with van der Waals surface area (Å²) >= 11 is 6.70. The topological polar surface area (TPSA) is 85.9 Å². The van der Waals surface area contributed by atoms with Gasteiger partial charge >= 0.3 is 6.09 Å². The van der Waals surface area contributed by atoms with Gasteiger partial charge in [0.15, 0.2) is 11.5 Å². The quantitative estimate of drug-likeness (QED) is 0.668. The number of hydrogen-bond donors (Lipinski definition) is 2. The van der Waals surface area contributed by atoms with Gasteiger partial charge in [0.1, 0.15) is 5.60 Å². The highest BCUT2D eigenvalue weighted by Gasteiger charge is 2.57. The van der Waals surface area contributed by atoms with E-state index in [0.717, 1.165) is 49.7 Å². The smallest absolute Gasteiger partial charge is 0.408 e. The normalized spacial score (nSPS) is 30.5. The van der Waals surface area contributed by atoms with Crippen molar-refractivity contribution in [2.24, 2.45) is 5.41 Å². The molecule has 32 heavy (non-hydrogen) atoms. The summed E-state index contributed by atoms with van der Waals surface area (Å²) in [6.45, 7) is 8.10. The number of ether oxygens (including phenoxy) is 3. The lowest BCUT2D eigenvalue weighted by Crippen LogP contribution is -2.60. The molecule has 1 aromatic rings. The van der Waals surface area contributed by atoms with Gasteiger partial charge in [0.25, 0.3) is 5.91 Å². The number of hydrogen-bond acceptors (Lipinski definition) is 5. The van der Waals surface area contributed by atoms with Gasteiger partial charge in [-0.25, -0.2) is 4.79 Å². The number of amides is 2. The highest BCUT2D eigenvalue weighted by molar-refractivity contribution is 6.34. The molecule has 7 nitrogen and oxygen atoms in total. The Bertz CT molecular complexity index is 975. The van der Waals surface area contributed by atoms with Crippen molar-refractivity contribution in [3.8, 4) is 11.5 Å². The summed E-state index contributed by atoms with van der Waals surface area (Å²) in [5, 5.41) is 6.55. The third kappa shape index (κ3) is 3.40. The second-order valence-corrected chi connectivity index (χ2v) is 11.2. The Morgan fingerprint density at radius 2 is 1.75 bits per heavy atom. The van der Waals surface area contributed by atoms with Gasteiger partial charge in [-0.05, 0) is 78.2 Å². The van der Waals surface area contributed by atoms with Crippen molar-refractivity contribution >= 4 is 23.6 Å². The number of carbonyl (C=O) groups is 2. The number of alkyl carbamates (subject to hydrolysis) is 1. The molecular weight excluding hydrogens is 432 g/mol. The summed E-state index contributed by atoms with van der Waals surface area (Å²) in [7, 11) is 0. The summed E-state index contributed by atoms with van der Waals surface area (Å²) in [5.41, 5.74) is 1.40. The number of rotatable bonds is 2. The number of fused-ring (bicyclic) bond motifs is 5. The molecule has 5 aliphatic rings. The van der Waals surface area contributed by atoms with Gasteiger partial charge in [-0.1, -0.05) is 11.6 Å². The van der Waals surface area contributed by atoms with E-state index in [2.05, 4.69) is 10.6 Å². The van der Waals surface area contributed by atoms with Crippen LogP contribution < -0.4 is 20.1 Å². The first-order chi connectivity index (χ1) is 15.0. The molecule has 3 saturated carbocycles. The van der Waals surface area contributed by atoms with E-state index in [0.29, 0.717) is 35.1 Å². The molecule has 2 N–H and O–H groups in total. The van der Waals surface area contributed by atoms with Gasteiger partial charge < -0.3 is 24.8 Å². The van der Waals surface area contributed by atoms with Gasteiger partial charge in [0, 0.05) is 23.1 Å². The van der Waals surface area contributed by atoms with Crippen LogP contribution in [0.1, 0.15) is 80.8 Å². The van der Waals surface area contributed by atoms with E-state index in [4.69, 9.17) is 25.8 Å². The Balaban J connectivity index is 1.34. The zero-order valence-electron chi connectivity index (χ0n) is 19.2. The zero-order chi connectivity index (χ0) is 22.9. The van der Waals surface area contributed by atoms with E-state index in [9.17, 15) is 9.59 Å². The van der Waals surface area contributed by atoms with Crippen molar-refractivity contribution in [3.05, 3.63) is 21.7 Å². The third-order valence-corrected chi connectivity index (χ3v) is 8.00. The van der Waals surface area contributed by atoms with E-state index in [-0.39, 0.29) is 23.0 Å². The first-order valence-corrected chi connectivity index (χ1v) is 11.9. The Kier molecular flexibility index (Phi) is 4.86. The predicted octanol–water partition coefficient (Wildman–Crippen LogP) is 4.65. The van der Waals surface area contributed by atoms with E-state index in [1.54, 1.807) is 0 Å². The van der Waals surface area contributed by atoms with Crippen LogP contribution in [0.4, 0.5) is 4.79 Å². The van der Waals surface area contributed by atoms with E-state index >= 15 is 0 Å². The Hall–Kier alpha value is -2.15. The van der Waals surface area contributed by atoms with Crippen molar-refractivity contribution < 1.29 is 23.8 Å². The average molecular weight is 463 g/mol. The fourth-order valence-electron chi connectivity index (χ4n) is 5.80. The van der Waals surface area contributed by atoms with Crippen LogP contribution in [0.5, 0.6) is 11.5 Å². The van der Waals surface area contributed by atoms with Crippen LogP contribution in [0, 0.1) is 12.3 Å².